The van der Waals surface area contributed by atoms with E-state index >= 15 is 0 Å². The molecule has 0 spiro atoms. The van der Waals surface area contributed by atoms with Gasteiger partial charge in [-0.05, 0) is 34.7 Å². The standard InChI is InChI=1S/C30H30BrN3O4S/c1-32-30(36)28(19-22-9-4-3-5-10-22)33(20-23-15-17-25(31)18-16-23)29(35)21-34(39(2,37)38)27-14-8-12-24-11-6-7-13-26(24)27/h3-18,28H,19-21H2,1-2H3,(H,32,36)/t28-/m0/s1. The predicted octanol–water partition coefficient (Wildman–Crippen LogP) is 4.75. The quantitative estimate of drug-likeness (QED) is 0.282. The molecule has 0 saturated heterocycles. The van der Waals surface area contributed by atoms with Crippen molar-refractivity contribution in [2.75, 3.05) is 24.2 Å². The number of amides is 2. The number of carbonyl (C=O) groups excluding carboxylic acids is 2. The Bertz CT molecular complexity index is 1560. The molecule has 202 valence electrons. The van der Waals surface area contributed by atoms with Crippen LogP contribution >= 0.6 is 15.9 Å². The summed E-state index contributed by atoms with van der Waals surface area (Å²) >= 11 is 3.43. The molecule has 0 unspecified atom stereocenters. The molecular formula is C30H30BrN3O4S. The molecule has 1 atom stereocenters. The van der Waals surface area contributed by atoms with Gasteiger partial charge in [0.2, 0.25) is 21.8 Å². The van der Waals surface area contributed by atoms with Gasteiger partial charge in [-0.2, -0.15) is 0 Å². The van der Waals surface area contributed by atoms with Crippen molar-refractivity contribution in [2.45, 2.75) is 19.0 Å². The van der Waals surface area contributed by atoms with Gasteiger partial charge >= 0.3 is 0 Å². The van der Waals surface area contributed by atoms with E-state index in [2.05, 4.69) is 21.2 Å². The van der Waals surface area contributed by atoms with Crippen LogP contribution in [0.3, 0.4) is 0 Å². The van der Waals surface area contributed by atoms with Gasteiger partial charge in [-0.15, -0.1) is 0 Å². The van der Waals surface area contributed by atoms with Crippen LogP contribution in [0.4, 0.5) is 5.69 Å². The molecule has 7 nitrogen and oxygen atoms in total. The lowest BCUT2D eigenvalue weighted by atomic mass is 10.0. The first kappa shape index (κ1) is 28.3. The molecule has 0 fully saturated rings. The fraction of sp³-hybridized carbons (Fsp3) is 0.200. The third-order valence-electron chi connectivity index (χ3n) is 6.50. The summed E-state index contributed by atoms with van der Waals surface area (Å²) in [6.07, 6.45) is 1.36. The van der Waals surface area contributed by atoms with Crippen LogP contribution in [0.5, 0.6) is 0 Å². The molecule has 0 radical (unpaired) electrons. The zero-order chi connectivity index (χ0) is 28.0. The molecule has 39 heavy (non-hydrogen) atoms. The Hall–Kier alpha value is -3.69. The molecule has 0 heterocycles. The zero-order valence-corrected chi connectivity index (χ0v) is 24.2. The number of benzene rings is 4. The van der Waals surface area contributed by atoms with Crippen LogP contribution in [0.15, 0.2) is 102 Å². The summed E-state index contributed by atoms with van der Waals surface area (Å²) in [7, 11) is -2.32. The van der Waals surface area contributed by atoms with Gasteiger partial charge in [0, 0.05) is 29.9 Å². The van der Waals surface area contributed by atoms with Gasteiger partial charge in [-0.1, -0.05) is 94.8 Å². The number of fused-ring (bicyclic) bond motifs is 1. The summed E-state index contributed by atoms with van der Waals surface area (Å²) < 4.78 is 28.1. The molecule has 0 aromatic heterocycles. The van der Waals surface area contributed by atoms with Gasteiger partial charge in [0.1, 0.15) is 12.6 Å². The molecule has 4 rings (SSSR count). The van der Waals surface area contributed by atoms with E-state index in [9.17, 15) is 18.0 Å². The molecule has 0 aliphatic carbocycles. The van der Waals surface area contributed by atoms with Crippen LogP contribution in [0.2, 0.25) is 0 Å². The molecule has 0 bridgehead atoms. The Kier molecular flexibility index (Phi) is 9.04. The third kappa shape index (κ3) is 7.04. The van der Waals surface area contributed by atoms with Crippen molar-refractivity contribution in [2.24, 2.45) is 0 Å². The molecule has 9 heteroatoms. The second-order valence-electron chi connectivity index (χ2n) is 9.24. The van der Waals surface area contributed by atoms with Crippen LogP contribution in [-0.2, 0) is 32.6 Å². The SMILES string of the molecule is CNC(=O)[C@H](Cc1ccccc1)N(Cc1ccc(Br)cc1)C(=O)CN(c1cccc2ccccc12)S(C)(=O)=O. The second-order valence-corrected chi connectivity index (χ2v) is 12.1. The molecule has 4 aromatic carbocycles. The molecular weight excluding hydrogens is 578 g/mol. The van der Waals surface area contributed by atoms with Crippen LogP contribution in [0, 0.1) is 0 Å². The number of hydrogen-bond acceptors (Lipinski definition) is 4. The number of rotatable bonds is 10. The van der Waals surface area contributed by atoms with E-state index in [0.29, 0.717) is 11.1 Å². The van der Waals surface area contributed by atoms with Crippen molar-refractivity contribution in [3.63, 3.8) is 0 Å². The average Bonchev–Trinajstić information content (AvgIpc) is 2.93. The minimum absolute atomic E-state index is 0.129. The molecule has 0 saturated carbocycles. The van der Waals surface area contributed by atoms with Crippen molar-refractivity contribution in [1.82, 2.24) is 10.2 Å². The van der Waals surface area contributed by atoms with Crippen molar-refractivity contribution >= 4 is 54.2 Å². The summed E-state index contributed by atoms with van der Waals surface area (Å²) in [6.45, 7) is -0.324. The normalized spacial score (nSPS) is 12.1. The van der Waals surface area contributed by atoms with Crippen LogP contribution in [0.1, 0.15) is 11.1 Å². The van der Waals surface area contributed by atoms with E-state index in [1.54, 1.807) is 12.1 Å². The Balaban J connectivity index is 1.76. The van der Waals surface area contributed by atoms with E-state index in [1.165, 1.54) is 11.9 Å². The Labute approximate surface area is 237 Å². The summed E-state index contributed by atoms with van der Waals surface area (Å²) in [5.74, 6) is -0.818. The van der Waals surface area contributed by atoms with E-state index in [1.807, 2.05) is 84.9 Å². The van der Waals surface area contributed by atoms with Gasteiger partial charge in [-0.25, -0.2) is 8.42 Å². The van der Waals surface area contributed by atoms with Crippen molar-refractivity contribution in [3.05, 3.63) is 113 Å². The topological polar surface area (TPSA) is 86.8 Å². The number of likely N-dealkylation sites (N-methyl/N-ethyl adjacent to an activating group) is 1. The van der Waals surface area contributed by atoms with Gasteiger partial charge < -0.3 is 10.2 Å². The lowest BCUT2D eigenvalue weighted by Gasteiger charge is -2.33. The lowest BCUT2D eigenvalue weighted by Crippen LogP contribution is -2.52. The third-order valence-corrected chi connectivity index (χ3v) is 8.15. The second kappa shape index (κ2) is 12.4. The highest BCUT2D eigenvalue weighted by Gasteiger charge is 2.33. The number of hydrogen-bond donors (Lipinski definition) is 1. The van der Waals surface area contributed by atoms with Gasteiger partial charge in [0.15, 0.2) is 0 Å². The predicted molar refractivity (Wildman–Crippen MR) is 159 cm³/mol. The Morgan fingerprint density at radius 1 is 0.846 bits per heavy atom. The maximum atomic E-state index is 14.1. The maximum absolute atomic E-state index is 14.1. The number of nitrogens with one attached hydrogen (secondary N) is 1. The average molecular weight is 609 g/mol. The number of sulfonamides is 1. The van der Waals surface area contributed by atoms with E-state index in [4.69, 9.17) is 0 Å². The number of carbonyl (C=O) groups is 2. The van der Waals surface area contributed by atoms with Gasteiger partial charge in [0.25, 0.3) is 0 Å². The molecule has 4 aromatic rings. The molecule has 1 N–H and O–H groups in total. The monoisotopic (exact) mass is 607 g/mol. The number of halogens is 1. The summed E-state index contributed by atoms with van der Waals surface area (Å²) in [5, 5.41) is 4.25. The summed E-state index contributed by atoms with van der Waals surface area (Å²) in [4.78, 5) is 28.7. The maximum Gasteiger partial charge on any atom is 0.244 e. The van der Waals surface area contributed by atoms with Crippen molar-refractivity contribution < 1.29 is 18.0 Å². The highest BCUT2D eigenvalue weighted by Crippen LogP contribution is 2.29. The number of anilines is 1. The molecule has 0 aliphatic rings. The zero-order valence-electron chi connectivity index (χ0n) is 21.7. The van der Waals surface area contributed by atoms with Crippen LogP contribution in [0.25, 0.3) is 10.8 Å². The van der Waals surface area contributed by atoms with E-state index in [-0.39, 0.29) is 18.9 Å². The first-order valence-corrected chi connectivity index (χ1v) is 15.1. The minimum atomic E-state index is -3.85. The smallest absolute Gasteiger partial charge is 0.244 e. The largest absolute Gasteiger partial charge is 0.357 e. The van der Waals surface area contributed by atoms with E-state index in [0.717, 1.165) is 31.5 Å². The summed E-state index contributed by atoms with van der Waals surface area (Å²) in [6, 6.07) is 28.8. The van der Waals surface area contributed by atoms with Gasteiger partial charge in [-0.3, -0.25) is 13.9 Å². The van der Waals surface area contributed by atoms with Crippen molar-refractivity contribution in [3.8, 4) is 0 Å². The molecule has 2 amide bonds. The fourth-order valence-corrected chi connectivity index (χ4v) is 5.65. The number of nitrogens with zero attached hydrogens (tertiary/aromatic N) is 2. The summed E-state index contributed by atoms with van der Waals surface area (Å²) in [5.41, 5.74) is 2.10. The fourth-order valence-electron chi connectivity index (χ4n) is 4.53. The Morgan fingerprint density at radius 3 is 2.15 bits per heavy atom. The minimum Gasteiger partial charge on any atom is -0.357 e. The molecule has 0 aliphatic heterocycles. The van der Waals surface area contributed by atoms with Crippen LogP contribution < -0.4 is 9.62 Å². The van der Waals surface area contributed by atoms with Crippen molar-refractivity contribution in [1.29, 1.82) is 0 Å². The van der Waals surface area contributed by atoms with E-state index < -0.39 is 28.5 Å². The highest BCUT2D eigenvalue weighted by molar-refractivity contribution is 9.10. The lowest BCUT2D eigenvalue weighted by molar-refractivity contribution is -0.139. The van der Waals surface area contributed by atoms with Crippen LogP contribution in [-0.4, -0.2) is 51.0 Å². The highest BCUT2D eigenvalue weighted by atomic mass is 79.9. The van der Waals surface area contributed by atoms with Gasteiger partial charge in [0.05, 0.1) is 11.9 Å². The first-order valence-electron chi connectivity index (χ1n) is 12.4. The Morgan fingerprint density at radius 2 is 1.49 bits per heavy atom. The first-order chi connectivity index (χ1) is 18.7.